The van der Waals surface area contributed by atoms with Gasteiger partial charge in [-0.2, -0.15) is 0 Å². The van der Waals surface area contributed by atoms with Gasteiger partial charge in [0.2, 0.25) is 5.91 Å². The quantitative estimate of drug-likeness (QED) is 0.392. The van der Waals surface area contributed by atoms with Gasteiger partial charge in [0, 0.05) is 34.3 Å². The molecule has 30 heavy (non-hydrogen) atoms. The predicted molar refractivity (Wildman–Crippen MR) is 125 cm³/mol. The van der Waals surface area contributed by atoms with Crippen molar-refractivity contribution in [2.45, 2.75) is 20.1 Å². The lowest BCUT2D eigenvalue weighted by atomic mass is 10.2. The molecular weight excluding hydrogens is 468 g/mol. The zero-order valence-corrected chi connectivity index (χ0v) is 19.0. The standard InChI is InChI=1S/C23H22BrClN2O3/c1-15(28)27-20-9-7-19(8-10-20)26-13-17-11-22(29-2)23(12-21(17)24)30-14-16-3-5-18(25)6-4-16/h3-12,26H,13-14H2,1-2H3,(H,27,28). The molecule has 3 rings (SSSR count). The summed E-state index contributed by atoms with van der Waals surface area (Å²) in [5, 5.41) is 6.81. The van der Waals surface area contributed by atoms with E-state index >= 15 is 0 Å². The Balaban J connectivity index is 1.65. The molecular formula is C23H22BrClN2O3. The number of methoxy groups -OCH3 is 1. The van der Waals surface area contributed by atoms with Crippen molar-refractivity contribution in [2.24, 2.45) is 0 Å². The summed E-state index contributed by atoms with van der Waals surface area (Å²) in [5.74, 6) is 1.22. The van der Waals surface area contributed by atoms with Crippen LogP contribution in [0.15, 0.2) is 65.1 Å². The molecule has 0 radical (unpaired) electrons. The highest BCUT2D eigenvalue weighted by atomic mass is 79.9. The topological polar surface area (TPSA) is 59.6 Å². The van der Waals surface area contributed by atoms with Crippen LogP contribution in [-0.4, -0.2) is 13.0 Å². The van der Waals surface area contributed by atoms with Crippen molar-refractivity contribution in [3.05, 3.63) is 81.3 Å². The van der Waals surface area contributed by atoms with E-state index in [2.05, 4.69) is 26.6 Å². The largest absolute Gasteiger partial charge is 0.493 e. The SMILES string of the molecule is COc1cc(CNc2ccc(NC(C)=O)cc2)c(Br)cc1OCc1ccc(Cl)cc1. The molecule has 0 fully saturated rings. The normalized spacial score (nSPS) is 10.4. The number of ether oxygens (including phenoxy) is 2. The fourth-order valence-electron chi connectivity index (χ4n) is 2.80. The van der Waals surface area contributed by atoms with E-state index in [-0.39, 0.29) is 5.91 Å². The maximum atomic E-state index is 11.1. The molecule has 0 aliphatic heterocycles. The van der Waals surface area contributed by atoms with Crippen LogP contribution in [0.2, 0.25) is 5.02 Å². The van der Waals surface area contributed by atoms with Gasteiger partial charge in [-0.25, -0.2) is 0 Å². The minimum absolute atomic E-state index is 0.0925. The Bertz CT molecular complexity index is 1010. The number of hydrogen-bond donors (Lipinski definition) is 2. The van der Waals surface area contributed by atoms with Gasteiger partial charge in [0.25, 0.3) is 0 Å². The van der Waals surface area contributed by atoms with Gasteiger partial charge in [0.1, 0.15) is 6.61 Å². The maximum absolute atomic E-state index is 11.1. The number of nitrogens with one attached hydrogen (secondary N) is 2. The van der Waals surface area contributed by atoms with Crippen molar-refractivity contribution in [3.63, 3.8) is 0 Å². The van der Waals surface area contributed by atoms with Gasteiger partial charge in [0.05, 0.1) is 7.11 Å². The summed E-state index contributed by atoms with van der Waals surface area (Å²) >= 11 is 9.54. The molecule has 7 heteroatoms. The minimum atomic E-state index is -0.0925. The lowest BCUT2D eigenvalue weighted by Crippen LogP contribution is -2.06. The van der Waals surface area contributed by atoms with E-state index in [1.165, 1.54) is 6.92 Å². The number of carbonyl (C=O) groups excluding carboxylic acids is 1. The van der Waals surface area contributed by atoms with Crippen molar-refractivity contribution in [2.75, 3.05) is 17.7 Å². The Labute approximate surface area is 189 Å². The lowest BCUT2D eigenvalue weighted by Gasteiger charge is -2.15. The second-order valence-electron chi connectivity index (χ2n) is 6.62. The summed E-state index contributed by atoms with van der Waals surface area (Å²) in [4.78, 5) is 11.1. The Morgan fingerprint density at radius 1 is 1.00 bits per heavy atom. The Hall–Kier alpha value is -2.70. The number of hydrogen-bond acceptors (Lipinski definition) is 4. The zero-order chi connectivity index (χ0) is 21.5. The number of anilines is 2. The third-order valence-corrected chi connectivity index (χ3v) is 5.32. The monoisotopic (exact) mass is 488 g/mol. The fraction of sp³-hybridized carbons (Fsp3) is 0.174. The molecule has 0 saturated heterocycles. The van der Waals surface area contributed by atoms with Crippen molar-refractivity contribution in [1.82, 2.24) is 0 Å². The molecule has 5 nitrogen and oxygen atoms in total. The van der Waals surface area contributed by atoms with Gasteiger partial charge in [0.15, 0.2) is 11.5 Å². The van der Waals surface area contributed by atoms with Crippen molar-refractivity contribution in [3.8, 4) is 11.5 Å². The van der Waals surface area contributed by atoms with Gasteiger partial charge >= 0.3 is 0 Å². The zero-order valence-electron chi connectivity index (χ0n) is 16.7. The van der Waals surface area contributed by atoms with E-state index in [0.717, 1.165) is 27.0 Å². The van der Waals surface area contributed by atoms with Gasteiger partial charge in [-0.05, 0) is 59.7 Å². The van der Waals surface area contributed by atoms with Crippen LogP contribution in [0.4, 0.5) is 11.4 Å². The van der Waals surface area contributed by atoms with Crippen LogP contribution in [0.5, 0.6) is 11.5 Å². The van der Waals surface area contributed by atoms with E-state index in [1.54, 1.807) is 7.11 Å². The average Bonchev–Trinajstić information content (AvgIpc) is 2.73. The molecule has 0 unspecified atom stereocenters. The molecule has 0 aliphatic carbocycles. The molecule has 0 bridgehead atoms. The summed E-state index contributed by atoms with van der Waals surface area (Å²) in [6.07, 6.45) is 0. The molecule has 156 valence electrons. The van der Waals surface area contributed by atoms with Gasteiger partial charge in [-0.1, -0.05) is 39.7 Å². The average molecular weight is 490 g/mol. The first kappa shape index (κ1) is 22.0. The Morgan fingerprint density at radius 2 is 1.67 bits per heavy atom. The van der Waals surface area contributed by atoms with E-state index in [4.69, 9.17) is 21.1 Å². The number of benzene rings is 3. The second kappa shape index (κ2) is 10.4. The van der Waals surface area contributed by atoms with E-state index < -0.39 is 0 Å². The molecule has 0 atom stereocenters. The molecule has 0 aromatic heterocycles. The van der Waals surface area contributed by atoms with Crippen LogP contribution in [-0.2, 0) is 17.9 Å². The number of halogens is 2. The van der Waals surface area contributed by atoms with E-state index in [1.807, 2.05) is 60.7 Å². The summed E-state index contributed by atoms with van der Waals surface area (Å²) in [6.45, 7) is 2.49. The highest BCUT2D eigenvalue weighted by Crippen LogP contribution is 2.34. The van der Waals surface area contributed by atoms with Crippen LogP contribution in [0.3, 0.4) is 0 Å². The fourth-order valence-corrected chi connectivity index (χ4v) is 3.39. The van der Waals surface area contributed by atoms with Crippen LogP contribution in [0, 0.1) is 0 Å². The van der Waals surface area contributed by atoms with Gasteiger partial charge in [-0.15, -0.1) is 0 Å². The molecule has 2 N–H and O–H groups in total. The Morgan fingerprint density at radius 3 is 2.30 bits per heavy atom. The van der Waals surface area contributed by atoms with E-state index in [9.17, 15) is 4.79 Å². The van der Waals surface area contributed by atoms with Gasteiger partial charge < -0.3 is 20.1 Å². The Kier molecular flexibility index (Phi) is 7.60. The van der Waals surface area contributed by atoms with Crippen LogP contribution < -0.4 is 20.1 Å². The molecule has 1 amide bonds. The number of rotatable bonds is 8. The second-order valence-corrected chi connectivity index (χ2v) is 7.91. The third-order valence-electron chi connectivity index (χ3n) is 4.33. The van der Waals surface area contributed by atoms with Crippen molar-refractivity contribution in [1.29, 1.82) is 0 Å². The van der Waals surface area contributed by atoms with Crippen LogP contribution in [0.25, 0.3) is 0 Å². The number of amides is 1. The van der Waals surface area contributed by atoms with Crippen molar-refractivity contribution >= 4 is 44.8 Å². The summed E-state index contributed by atoms with van der Waals surface area (Å²) in [5.41, 5.74) is 3.75. The van der Waals surface area contributed by atoms with Crippen molar-refractivity contribution < 1.29 is 14.3 Å². The predicted octanol–water partition coefficient (Wildman–Crippen LogP) is 6.26. The molecule has 0 aliphatic rings. The maximum Gasteiger partial charge on any atom is 0.221 e. The van der Waals surface area contributed by atoms with E-state index in [0.29, 0.717) is 29.7 Å². The van der Waals surface area contributed by atoms with Crippen LogP contribution >= 0.6 is 27.5 Å². The highest BCUT2D eigenvalue weighted by molar-refractivity contribution is 9.10. The first-order valence-electron chi connectivity index (χ1n) is 9.30. The molecule has 0 saturated carbocycles. The molecule has 3 aromatic rings. The summed E-state index contributed by atoms with van der Waals surface area (Å²) in [6, 6.07) is 18.9. The minimum Gasteiger partial charge on any atom is -0.493 e. The summed E-state index contributed by atoms with van der Waals surface area (Å²) < 4.78 is 12.4. The summed E-state index contributed by atoms with van der Waals surface area (Å²) in [7, 11) is 1.62. The van der Waals surface area contributed by atoms with Crippen LogP contribution in [0.1, 0.15) is 18.1 Å². The molecule has 0 heterocycles. The third kappa shape index (κ3) is 6.15. The first-order valence-corrected chi connectivity index (χ1v) is 10.5. The number of carbonyl (C=O) groups is 1. The molecule has 0 spiro atoms. The smallest absolute Gasteiger partial charge is 0.221 e. The van der Waals surface area contributed by atoms with Gasteiger partial charge in [-0.3, -0.25) is 4.79 Å². The first-order chi connectivity index (χ1) is 14.4. The highest BCUT2D eigenvalue weighted by Gasteiger charge is 2.11. The lowest BCUT2D eigenvalue weighted by molar-refractivity contribution is -0.114. The molecule has 3 aromatic carbocycles.